The van der Waals surface area contributed by atoms with Crippen molar-refractivity contribution in [3.8, 4) is 0 Å². The topological polar surface area (TPSA) is 49.8 Å². The van der Waals surface area contributed by atoms with Crippen LogP contribution < -0.4 is 10.6 Å². The minimum Gasteiger partial charge on any atom is -0.373 e. The van der Waals surface area contributed by atoms with E-state index in [0.29, 0.717) is 6.04 Å². The summed E-state index contributed by atoms with van der Waals surface area (Å²) in [5.41, 5.74) is 1.06. The fraction of sp³-hybridized carbons (Fsp3) is 0.750. The molecule has 2 unspecified atom stereocenters. The number of nitrogens with zero attached hydrogens (tertiary/aromatic N) is 2. The summed E-state index contributed by atoms with van der Waals surface area (Å²) in [4.78, 5) is 9.46. The lowest BCUT2D eigenvalue weighted by atomic mass is 9.95. The van der Waals surface area contributed by atoms with Gasteiger partial charge in [0.05, 0.1) is 0 Å². The van der Waals surface area contributed by atoms with Crippen molar-refractivity contribution < 1.29 is 0 Å². The first-order valence-electron chi connectivity index (χ1n) is 7.71. The molecule has 2 atom stereocenters. The minimum atomic E-state index is -0.0484. The van der Waals surface area contributed by atoms with Gasteiger partial charge in [-0.15, -0.1) is 0 Å². The Morgan fingerprint density at radius 3 is 2.33 bits per heavy atom. The molecular weight excluding hydrogens is 280 g/mol. The minimum absolute atomic E-state index is 0.0484. The summed E-state index contributed by atoms with van der Waals surface area (Å²) in [6.45, 7) is 8.54. The van der Waals surface area contributed by atoms with Crippen molar-refractivity contribution >= 4 is 23.4 Å². The van der Waals surface area contributed by atoms with Crippen molar-refractivity contribution in [1.29, 1.82) is 0 Å². The highest BCUT2D eigenvalue weighted by Crippen LogP contribution is 2.32. The standard InChI is InChI=1S/C16H28N4S/c1-10-13(17-5)19-15(16(2,3)4)20-14(10)18-11-7-8-12(9-11)21-6/h11-12H,7-9H2,1-6H3,(H2,17,18,19,20). The Bertz CT molecular complexity index is 496. The van der Waals surface area contributed by atoms with Gasteiger partial charge >= 0.3 is 0 Å². The van der Waals surface area contributed by atoms with E-state index in [-0.39, 0.29) is 5.41 Å². The van der Waals surface area contributed by atoms with Crippen molar-refractivity contribution in [2.24, 2.45) is 0 Å². The first-order chi connectivity index (χ1) is 9.85. The van der Waals surface area contributed by atoms with Gasteiger partial charge in [-0.05, 0) is 32.4 Å². The van der Waals surface area contributed by atoms with Gasteiger partial charge in [-0.3, -0.25) is 0 Å². The predicted octanol–water partition coefficient (Wildman–Crippen LogP) is 3.82. The Hall–Kier alpha value is -0.970. The number of hydrogen-bond acceptors (Lipinski definition) is 5. The van der Waals surface area contributed by atoms with Gasteiger partial charge in [-0.2, -0.15) is 11.8 Å². The molecule has 118 valence electrons. The summed E-state index contributed by atoms with van der Waals surface area (Å²) in [6.07, 6.45) is 5.97. The molecule has 1 fully saturated rings. The van der Waals surface area contributed by atoms with Crippen molar-refractivity contribution in [1.82, 2.24) is 9.97 Å². The fourth-order valence-corrected chi connectivity index (χ4v) is 3.51. The van der Waals surface area contributed by atoms with Crippen LogP contribution in [0, 0.1) is 6.92 Å². The monoisotopic (exact) mass is 308 g/mol. The van der Waals surface area contributed by atoms with Gasteiger partial charge in [0.1, 0.15) is 17.5 Å². The maximum Gasteiger partial charge on any atom is 0.138 e. The van der Waals surface area contributed by atoms with Crippen molar-refractivity contribution in [3.05, 3.63) is 11.4 Å². The van der Waals surface area contributed by atoms with Crippen LogP contribution in [0.3, 0.4) is 0 Å². The second kappa shape index (κ2) is 6.42. The van der Waals surface area contributed by atoms with E-state index in [0.717, 1.165) is 28.3 Å². The van der Waals surface area contributed by atoms with Crippen LogP contribution in [0.25, 0.3) is 0 Å². The number of thioether (sulfide) groups is 1. The lowest BCUT2D eigenvalue weighted by Crippen LogP contribution is -2.22. The highest BCUT2D eigenvalue weighted by atomic mass is 32.2. The summed E-state index contributed by atoms with van der Waals surface area (Å²) in [7, 11) is 1.92. The smallest absolute Gasteiger partial charge is 0.138 e. The van der Waals surface area contributed by atoms with E-state index in [1.807, 2.05) is 18.8 Å². The average molecular weight is 308 g/mol. The molecular formula is C16H28N4S. The Balaban J connectivity index is 2.26. The third-order valence-corrected chi connectivity index (χ3v) is 5.21. The normalized spacial score (nSPS) is 22.4. The maximum absolute atomic E-state index is 4.80. The Kier molecular flexibility index (Phi) is 5.02. The lowest BCUT2D eigenvalue weighted by molar-refractivity contribution is 0.545. The van der Waals surface area contributed by atoms with Crippen LogP contribution in [-0.2, 0) is 5.41 Å². The molecule has 1 aromatic rings. The zero-order valence-electron chi connectivity index (χ0n) is 14.1. The van der Waals surface area contributed by atoms with Gasteiger partial charge in [0.25, 0.3) is 0 Å². The third-order valence-electron chi connectivity index (χ3n) is 4.11. The molecule has 0 saturated heterocycles. The number of rotatable bonds is 4. The highest BCUT2D eigenvalue weighted by Gasteiger charge is 2.26. The zero-order valence-corrected chi connectivity index (χ0v) is 14.9. The summed E-state index contributed by atoms with van der Waals surface area (Å²) in [6, 6.07) is 0.536. The molecule has 0 bridgehead atoms. The summed E-state index contributed by atoms with van der Waals surface area (Å²) in [5, 5.41) is 7.64. The van der Waals surface area contributed by atoms with Crippen molar-refractivity contribution in [2.75, 3.05) is 23.9 Å². The molecule has 0 radical (unpaired) electrons. The van der Waals surface area contributed by atoms with Crippen LogP contribution >= 0.6 is 11.8 Å². The highest BCUT2D eigenvalue weighted by molar-refractivity contribution is 7.99. The molecule has 2 N–H and O–H groups in total. The number of hydrogen-bond donors (Lipinski definition) is 2. The molecule has 0 aliphatic heterocycles. The second-order valence-corrected chi connectivity index (χ2v) is 8.02. The Labute approximate surface area is 132 Å². The first-order valence-corrected chi connectivity index (χ1v) is 9.00. The average Bonchev–Trinajstić information content (AvgIpc) is 2.87. The lowest BCUT2D eigenvalue weighted by Gasteiger charge is -2.22. The molecule has 21 heavy (non-hydrogen) atoms. The Morgan fingerprint density at radius 1 is 1.14 bits per heavy atom. The summed E-state index contributed by atoms with van der Waals surface area (Å²) in [5.74, 6) is 2.81. The number of anilines is 2. The van der Waals surface area contributed by atoms with Gasteiger partial charge < -0.3 is 10.6 Å². The maximum atomic E-state index is 4.80. The third kappa shape index (κ3) is 3.82. The van der Waals surface area contributed by atoms with Crippen LogP contribution in [0.4, 0.5) is 11.6 Å². The second-order valence-electron chi connectivity index (χ2n) is 6.88. The first kappa shape index (κ1) is 16.4. The molecule has 0 spiro atoms. The van der Waals surface area contributed by atoms with E-state index in [1.165, 1.54) is 19.3 Å². The number of nitrogens with one attached hydrogen (secondary N) is 2. The summed E-state index contributed by atoms with van der Waals surface area (Å²) < 4.78 is 0. The molecule has 5 heteroatoms. The molecule has 0 aromatic carbocycles. The van der Waals surface area contributed by atoms with Crippen LogP contribution in [-0.4, -0.2) is 34.6 Å². The molecule has 1 aliphatic rings. The quantitative estimate of drug-likeness (QED) is 0.885. The van der Waals surface area contributed by atoms with E-state index in [2.05, 4.69) is 49.6 Å². The van der Waals surface area contributed by atoms with E-state index < -0.39 is 0 Å². The van der Waals surface area contributed by atoms with Gasteiger partial charge in [-0.1, -0.05) is 20.8 Å². The van der Waals surface area contributed by atoms with Crippen LogP contribution in [0.5, 0.6) is 0 Å². The van der Waals surface area contributed by atoms with E-state index in [4.69, 9.17) is 4.98 Å². The van der Waals surface area contributed by atoms with E-state index in [1.54, 1.807) is 0 Å². The SMILES string of the molecule is CNc1nc(C(C)(C)C)nc(NC2CCC(SC)C2)c1C. The fourth-order valence-electron chi connectivity index (χ4n) is 2.71. The van der Waals surface area contributed by atoms with Gasteiger partial charge in [0, 0.05) is 29.3 Å². The van der Waals surface area contributed by atoms with Crippen molar-refractivity contribution in [2.45, 2.75) is 63.7 Å². The zero-order chi connectivity index (χ0) is 15.6. The molecule has 1 aliphatic carbocycles. The molecule has 4 nitrogen and oxygen atoms in total. The molecule has 2 rings (SSSR count). The van der Waals surface area contributed by atoms with Crippen LogP contribution in [0.1, 0.15) is 51.4 Å². The molecule has 0 amide bonds. The van der Waals surface area contributed by atoms with Crippen molar-refractivity contribution in [3.63, 3.8) is 0 Å². The molecule has 1 heterocycles. The van der Waals surface area contributed by atoms with Crippen LogP contribution in [0.15, 0.2) is 0 Å². The van der Waals surface area contributed by atoms with E-state index in [9.17, 15) is 0 Å². The van der Waals surface area contributed by atoms with Gasteiger partial charge in [0.15, 0.2) is 0 Å². The summed E-state index contributed by atoms with van der Waals surface area (Å²) >= 11 is 1.98. The van der Waals surface area contributed by atoms with E-state index >= 15 is 0 Å². The van der Waals surface area contributed by atoms with Gasteiger partial charge in [0.2, 0.25) is 0 Å². The molecule has 1 aromatic heterocycles. The Morgan fingerprint density at radius 2 is 1.81 bits per heavy atom. The van der Waals surface area contributed by atoms with Crippen LogP contribution in [0.2, 0.25) is 0 Å². The predicted molar refractivity (Wildman–Crippen MR) is 93.6 cm³/mol. The number of aromatic nitrogens is 2. The van der Waals surface area contributed by atoms with Gasteiger partial charge in [-0.25, -0.2) is 9.97 Å². The molecule has 1 saturated carbocycles. The largest absolute Gasteiger partial charge is 0.373 e.